The SMILES string of the molecule is Cc1ccnc(NC2CCCN(Cc3cc(Cl)ccc3O)C2)n1. The summed E-state index contributed by atoms with van der Waals surface area (Å²) in [7, 11) is 0. The Bertz CT molecular complexity index is 679. The molecule has 1 aliphatic heterocycles. The third-order valence-corrected chi connectivity index (χ3v) is 4.30. The molecule has 1 aromatic heterocycles. The van der Waals surface area contributed by atoms with Crippen LogP contribution in [0.1, 0.15) is 24.1 Å². The minimum atomic E-state index is 0.298. The number of nitrogens with zero attached hydrogens (tertiary/aromatic N) is 3. The number of hydrogen-bond donors (Lipinski definition) is 2. The number of rotatable bonds is 4. The number of benzene rings is 1. The molecule has 0 spiro atoms. The van der Waals surface area contributed by atoms with Crippen molar-refractivity contribution in [2.75, 3.05) is 18.4 Å². The van der Waals surface area contributed by atoms with Crippen LogP contribution in [0.3, 0.4) is 0 Å². The Labute approximate surface area is 141 Å². The molecule has 3 rings (SSSR count). The van der Waals surface area contributed by atoms with E-state index in [1.54, 1.807) is 18.3 Å². The maximum absolute atomic E-state index is 9.98. The molecule has 23 heavy (non-hydrogen) atoms. The largest absolute Gasteiger partial charge is 0.508 e. The lowest BCUT2D eigenvalue weighted by atomic mass is 10.0. The predicted molar refractivity (Wildman–Crippen MR) is 91.8 cm³/mol. The number of likely N-dealkylation sites (tertiary alicyclic amines) is 1. The van der Waals surface area contributed by atoms with Crippen LogP contribution >= 0.6 is 11.6 Å². The lowest BCUT2D eigenvalue weighted by Crippen LogP contribution is -2.41. The first-order chi connectivity index (χ1) is 11.1. The van der Waals surface area contributed by atoms with Crippen LogP contribution in [0.15, 0.2) is 30.5 Å². The van der Waals surface area contributed by atoms with E-state index in [1.165, 1.54) is 0 Å². The van der Waals surface area contributed by atoms with Crippen molar-refractivity contribution in [3.8, 4) is 5.75 Å². The minimum absolute atomic E-state index is 0.298. The van der Waals surface area contributed by atoms with Gasteiger partial charge in [0.05, 0.1) is 0 Å². The van der Waals surface area contributed by atoms with Gasteiger partial charge in [-0.05, 0) is 50.6 Å². The Hall–Kier alpha value is -1.85. The summed E-state index contributed by atoms with van der Waals surface area (Å²) in [6.07, 6.45) is 3.97. The summed E-state index contributed by atoms with van der Waals surface area (Å²) in [5.41, 5.74) is 1.82. The zero-order valence-electron chi connectivity index (χ0n) is 13.2. The highest BCUT2D eigenvalue weighted by Gasteiger charge is 2.21. The normalized spacial score (nSPS) is 18.8. The van der Waals surface area contributed by atoms with Gasteiger partial charge >= 0.3 is 0 Å². The van der Waals surface area contributed by atoms with Crippen LogP contribution in [-0.4, -0.2) is 39.1 Å². The van der Waals surface area contributed by atoms with Crippen LogP contribution < -0.4 is 5.32 Å². The van der Waals surface area contributed by atoms with Gasteiger partial charge in [0.1, 0.15) is 5.75 Å². The van der Waals surface area contributed by atoms with Crippen LogP contribution in [-0.2, 0) is 6.54 Å². The Morgan fingerprint density at radius 2 is 2.26 bits per heavy atom. The second kappa shape index (κ2) is 7.15. The lowest BCUT2D eigenvalue weighted by molar-refractivity contribution is 0.206. The van der Waals surface area contributed by atoms with E-state index in [9.17, 15) is 5.11 Å². The van der Waals surface area contributed by atoms with Crippen LogP contribution in [0.2, 0.25) is 5.02 Å². The maximum atomic E-state index is 9.98. The van der Waals surface area contributed by atoms with Gasteiger partial charge in [-0.2, -0.15) is 0 Å². The van der Waals surface area contributed by atoms with Crippen molar-refractivity contribution in [2.45, 2.75) is 32.4 Å². The van der Waals surface area contributed by atoms with Crippen molar-refractivity contribution in [2.24, 2.45) is 0 Å². The standard InChI is InChI=1S/C17H21ClN4O/c1-12-6-7-19-17(20-12)21-15-3-2-8-22(11-15)10-13-9-14(18)4-5-16(13)23/h4-7,9,15,23H,2-3,8,10-11H2,1H3,(H,19,20,21). The fraction of sp³-hybridized carbons (Fsp3) is 0.412. The van der Waals surface area contributed by atoms with Crippen molar-refractivity contribution < 1.29 is 5.11 Å². The average molecular weight is 333 g/mol. The number of phenols is 1. The molecule has 0 amide bonds. The predicted octanol–water partition coefficient (Wildman–Crippen LogP) is 3.22. The molecule has 0 aliphatic carbocycles. The molecule has 0 bridgehead atoms. The van der Waals surface area contributed by atoms with E-state index in [4.69, 9.17) is 11.6 Å². The summed E-state index contributed by atoms with van der Waals surface area (Å²) >= 11 is 6.03. The number of aromatic hydroxyl groups is 1. The molecule has 122 valence electrons. The number of piperidine rings is 1. The Balaban J connectivity index is 1.63. The van der Waals surface area contributed by atoms with Gasteiger partial charge in [-0.15, -0.1) is 0 Å². The highest BCUT2D eigenvalue weighted by molar-refractivity contribution is 6.30. The van der Waals surface area contributed by atoms with Crippen LogP contribution in [0.4, 0.5) is 5.95 Å². The molecule has 1 aromatic carbocycles. The fourth-order valence-electron chi connectivity index (χ4n) is 2.94. The molecule has 1 unspecified atom stereocenters. The smallest absolute Gasteiger partial charge is 0.223 e. The van der Waals surface area contributed by atoms with Gasteiger partial charge in [0.2, 0.25) is 5.95 Å². The molecule has 0 saturated carbocycles. The number of aromatic nitrogens is 2. The molecular weight excluding hydrogens is 312 g/mol. The molecule has 1 fully saturated rings. The quantitative estimate of drug-likeness (QED) is 0.900. The molecular formula is C17H21ClN4O. The molecule has 2 N–H and O–H groups in total. The minimum Gasteiger partial charge on any atom is -0.508 e. The Morgan fingerprint density at radius 1 is 1.39 bits per heavy atom. The van der Waals surface area contributed by atoms with Crippen molar-refractivity contribution >= 4 is 17.5 Å². The van der Waals surface area contributed by atoms with E-state index >= 15 is 0 Å². The molecule has 6 heteroatoms. The Kier molecular flexibility index (Phi) is 4.98. The van der Waals surface area contributed by atoms with E-state index < -0.39 is 0 Å². The van der Waals surface area contributed by atoms with E-state index in [-0.39, 0.29) is 0 Å². The highest BCUT2D eigenvalue weighted by atomic mass is 35.5. The van der Waals surface area contributed by atoms with Gasteiger partial charge in [0, 0.05) is 41.6 Å². The molecule has 2 heterocycles. The van der Waals surface area contributed by atoms with Crippen LogP contribution in [0.25, 0.3) is 0 Å². The number of phenolic OH excluding ortho intramolecular Hbond substituents is 1. The number of aryl methyl sites for hydroxylation is 1. The first-order valence-corrected chi connectivity index (χ1v) is 8.24. The van der Waals surface area contributed by atoms with Gasteiger partial charge in [0.25, 0.3) is 0 Å². The number of hydrogen-bond acceptors (Lipinski definition) is 5. The molecule has 2 aromatic rings. The van der Waals surface area contributed by atoms with Crippen molar-refractivity contribution in [1.82, 2.24) is 14.9 Å². The van der Waals surface area contributed by atoms with E-state index in [2.05, 4.69) is 20.2 Å². The zero-order chi connectivity index (χ0) is 16.2. The molecule has 1 atom stereocenters. The van der Waals surface area contributed by atoms with Gasteiger partial charge < -0.3 is 10.4 Å². The van der Waals surface area contributed by atoms with Crippen LogP contribution in [0, 0.1) is 6.92 Å². The van der Waals surface area contributed by atoms with Gasteiger partial charge in [-0.1, -0.05) is 11.6 Å². The first-order valence-electron chi connectivity index (χ1n) is 7.86. The van der Waals surface area contributed by atoms with Gasteiger partial charge in [-0.3, -0.25) is 4.90 Å². The topological polar surface area (TPSA) is 61.3 Å². The summed E-state index contributed by atoms with van der Waals surface area (Å²) in [6.45, 7) is 4.56. The number of nitrogens with one attached hydrogen (secondary N) is 1. The second-order valence-corrected chi connectivity index (χ2v) is 6.45. The summed E-state index contributed by atoms with van der Waals surface area (Å²) in [6, 6.07) is 7.39. The lowest BCUT2D eigenvalue weighted by Gasteiger charge is -2.33. The molecule has 1 aliphatic rings. The highest BCUT2D eigenvalue weighted by Crippen LogP contribution is 2.24. The van der Waals surface area contributed by atoms with E-state index in [0.29, 0.717) is 29.3 Å². The molecule has 1 saturated heterocycles. The molecule has 0 radical (unpaired) electrons. The number of halogens is 1. The molecule has 5 nitrogen and oxygen atoms in total. The maximum Gasteiger partial charge on any atom is 0.223 e. The fourth-order valence-corrected chi connectivity index (χ4v) is 3.13. The van der Waals surface area contributed by atoms with Crippen molar-refractivity contribution in [1.29, 1.82) is 0 Å². The van der Waals surface area contributed by atoms with Gasteiger partial charge in [0.15, 0.2) is 0 Å². The van der Waals surface area contributed by atoms with Gasteiger partial charge in [-0.25, -0.2) is 9.97 Å². The van der Waals surface area contributed by atoms with Crippen LogP contribution in [0.5, 0.6) is 5.75 Å². The summed E-state index contributed by atoms with van der Waals surface area (Å²) in [5.74, 6) is 0.981. The zero-order valence-corrected chi connectivity index (χ0v) is 13.9. The van der Waals surface area contributed by atoms with E-state index in [1.807, 2.05) is 19.1 Å². The third kappa shape index (κ3) is 4.33. The first kappa shape index (κ1) is 16.0. The number of anilines is 1. The van der Waals surface area contributed by atoms with Crippen molar-refractivity contribution in [3.05, 3.63) is 46.7 Å². The third-order valence-electron chi connectivity index (χ3n) is 4.07. The monoisotopic (exact) mass is 332 g/mol. The second-order valence-electron chi connectivity index (χ2n) is 6.01. The average Bonchev–Trinajstić information content (AvgIpc) is 2.51. The summed E-state index contributed by atoms with van der Waals surface area (Å²) in [5, 5.41) is 14.0. The summed E-state index contributed by atoms with van der Waals surface area (Å²) in [4.78, 5) is 11.0. The van der Waals surface area contributed by atoms with Crippen molar-refractivity contribution in [3.63, 3.8) is 0 Å². The Morgan fingerprint density at radius 3 is 3.09 bits per heavy atom. The summed E-state index contributed by atoms with van der Waals surface area (Å²) < 4.78 is 0. The van der Waals surface area contributed by atoms with E-state index in [0.717, 1.165) is 37.2 Å².